The molecule has 0 bridgehead atoms. The summed E-state index contributed by atoms with van der Waals surface area (Å²) < 4.78 is 17.0. The van der Waals surface area contributed by atoms with Crippen molar-refractivity contribution in [2.75, 3.05) is 52.5 Å². The summed E-state index contributed by atoms with van der Waals surface area (Å²) in [6, 6.07) is 0. The van der Waals surface area contributed by atoms with Crippen molar-refractivity contribution in [1.29, 1.82) is 0 Å². The number of unbranched alkanes of at least 4 members (excludes halogenated alkanes) is 15. The number of carbonyl (C=O) groups excluding carboxylic acids is 2. The first-order chi connectivity index (χ1) is 21.5. The van der Waals surface area contributed by atoms with Crippen LogP contribution in [0.1, 0.15) is 155 Å². The average Bonchev–Trinajstić information content (AvgIpc) is 3.04. The van der Waals surface area contributed by atoms with Crippen LogP contribution < -0.4 is 10.6 Å². The van der Waals surface area contributed by atoms with Gasteiger partial charge in [0.1, 0.15) is 18.8 Å². The van der Waals surface area contributed by atoms with Crippen molar-refractivity contribution in [1.82, 2.24) is 15.5 Å². The van der Waals surface area contributed by atoms with Gasteiger partial charge >= 0.3 is 12.2 Å². The van der Waals surface area contributed by atoms with E-state index >= 15 is 0 Å². The molecular weight excluding hydrogens is 554 g/mol. The van der Waals surface area contributed by atoms with Gasteiger partial charge in [0, 0.05) is 19.7 Å². The monoisotopic (exact) mass is 624 g/mol. The third-order valence-corrected chi connectivity index (χ3v) is 9.46. The fourth-order valence-electron chi connectivity index (χ4n) is 6.32. The summed E-state index contributed by atoms with van der Waals surface area (Å²) in [5, 5.41) is 5.74. The van der Waals surface area contributed by atoms with Crippen molar-refractivity contribution in [3.63, 3.8) is 0 Å². The van der Waals surface area contributed by atoms with Crippen molar-refractivity contribution < 1.29 is 23.8 Å². The van der Waals surface area contributed by atoms with Crippen LogP contribution in [-0.4, -0.2) is 75.2 Å². The summed E-state index contributed by atoms with van der Waals surface area (Å²) in [4.78, 5) is 27.1. The lowest BCUT2D eigenvalue weighted by molar-refractivity contribution is -0.134. The van der Waals surface area contributed by atoms with E-state index in [1.807, 2.05) is 0 Å². The lowest BCUT2D eigenvalue weighted by atomic mass is 9.95. The second-order valence-electron chi connectivity index (χ2n) is 13.7. The van der Waals surface area contributed by atoms with Crippen LogP contribution in [0.15, 0.2) is 0 Å². The number of nitrogens with zero attached hydrogens (tertiary/aromatic N) is 1. The van der Waals surface area contributed by atoms with Gasteiger partial charge in [0.25, 0.3) is 0 Å². The van der Waals surface area contributed by atoms with Gasteiger partial charge in [-0.25, -0.2) is 9.59 Å². The Labute approximate surface area is 270 Å². The van der Waals surface area contributed by atoms with E-state index < -0.39 is 17.8 Å². The molecule has 2 amide bonds. The molecule has 1 unspecified atom stereocenters. The number of hydrogen-bond donors (Lipinski definition) is 2. The molecule has 44 heavy (non-hydrogen) atoms. The Balaban J connectivity index is 1.43. The number of alkyl carbamates (subject to hydrolysis) is 2. The zero-order chi connectivity index (χ0) is 31.6. The van der Waals surface area contributed by atoms with Gasteiger partial charge in [-0.1, -0.05) is 110 Å². The first-order valence-corrected chi connectivity index (χ1v) is 18.7. The third-order valence-electron chi connectivity index (χ3n) is 9.46. The van der Waals surface area contributed by atoms with Crippen molar-refractivity contribution in [2.24, 2.45) is 5.92 Å². The second-order valence-corrected chi connectivity index (χ2v) is 13.7. The van der Waals surface area contributed by atoms with Crippen LogP contribution >= 0.6 is 0 Å². The molecule has 258 valence electrons. The van der Waals surface area contributed by atoms with Crippen LogP contribution in [0.3, 0.4) is 0 Å². The molecule has 2 N–H and O–H groups in total. The molecule has 0 radical (unpaired) electrons. The summed E-state index contributed by atoms with van der Waals surface area (Å²) in [5.41, 5.74) is -0.758. The third kappa shape index (κ3) is 19.8. The van der Waals surface area contributed by atoms with Crippen LogP contribution in [-0.2, 0) is 14.2 Å². The van der Waals surface area contributed by atoms with Crippen LogP contribution in [0.25, 0.3) is 0 Å². The molecular formula is C36H69N3O5. The summed E-state index contributed by atoms with van der Waals surface area (Å²) in [6.45, 7) is 9.90. The minimum atomic E-state index is -0.758. The van der Waals surface area contributed by atoms with Gasteiger partial charge in [0.05, 0.1) is 0 Å². The Hall–Kier alpha value is -1.54. The van der Waals surface area contributed by atoms with E-state index in [1.54, 1.807) is 0 Å². The molecule has 0 aliphatic carbocycles. The number of carbonyl (C=O) groups is 2. The number of likely N-dealkylation sites (tertiary alicyclic amines) is 1. The largest absolute Gasteiger partial charge is 0.446 e. The van der Waals surface area contributed by atoms with Crippen LogP contribution in [0.5, 0.6) is 0 Å². The highest BCUT2D eigenvalue weighted by Gasteiger charge is 2.36. The van der Waals surface area contributed by atoms with Crippen molar-refractivity contribution in [3.05, 3.63) is 0 Å². The minimum absolute atomic E-state index is 0.0925. The predicted octanol–water partition coefficient (Wildman–Crippen LogP) is 8.76. The Bertz CT molecular complexity index is 708. The van der Waals surface area contributed by atoms with E-state index in [9.17, 15) is 9.59 Å². The molecule has 0 aromatic carbocycles. The Morgan fingerprint density at radius 1 is 0.705 bits per heavy atom. The highest BCUT2D eigenvalue weighted by molar-refractivity contribution is 5.67. The fraction of sp³-hybridized carbons (Fsp3) is 0.944. The summed E-state index contributed by atoms with van der Waals surface area (Å²) in [7, 11) is 0. The molecule has 2 aliphatic heterocycles. The Morgan fingerprint density at radius 2 is 1.18 bits per heavy atom. The summed E-state index contributed by atoms with van der Waals surface area (Å²) >= 11 is 0. The van der Waals surface area contributed by atoms with E-state index in [0.717, 1.165) is 57.7 Å². The van der Waals surface area contributed by atoms with E-state index in [0.29, 0.717) is 26.1 Å². The zero-order valence-electron chi connectivity index (χ0n) is 28.8. The number of amides is 2. The molecule has 2 aliphatic rings. The minimum Gasteiger partial charge on any atom is -0.446 e. The van der Waals surface area contributed by atoms with Crippen LogP contribution in [0, 0.1) is 5.92 Å². The molecule has 0 spiro atoms. The number of hydrogen-bond acceptors (Lipinski definition) is 6. The Kier molecular flexibility index (Phi) is 22.5. The number of nitrogens with one attached hydrogen (secondary N) is 2. The maximum Gasteiger partial charge on any atom is 0.407 e. The summed E-state index contributed by atoms with van der Waals surface area (Å²) in [6.07, 6.45) is 26.5. The molecule has 2 heterocycles. The SMILES string of the molecule is CCCCCCCCCCCCCCCCCCNC(=O)OCC1(COC(=O)NCCCN2CCC(C)CC2)CCCCO1. The zero-order valence-corrected chi connectivity index (χ0v) is 28.8. The number of rotatable bonds is 25. The Morgan fingerprint density at radius 3 is 1.66 bits per heavy atom. The number of ether oxygens (including phenoxy) is 3. The maximum atomic E-state index is 12.3. The van der Waals surface area contributed by atoms with Crippen LogP contribution in [0.2, 0.25) is 0 Å². The van der Waals surface area contributed by atoms with Gasteiger partial charge in [-0.15, -0.1) is 0 Å². The van der Waals surface area contributed by atoms with Gasteiger partial charge < -0.3 is 29.7 Å². The van der Waals surface area contributed by atoms with E-state index in [2.05, 4.69) is 29.4 Å². The molecule has 0 saturated carbocycles. The first kappa shape index (κ1) is 38.6. The fourth-order valence-corrected chi connectivity index (χ4v) is 6.32. The second kappa shape index (κ2) is 25.6. The molecule has 0 aromatic rings. The van der Waals surface area contributed by atoms with Gasteiger partial charge in [0.15, 0.2) is 0 Å². The van der Waals surface area contributed by atoms with E-state index in [1.165, 1.54) is 103 Å². The average molecular weight is 624 g/mol. The predicted molar refractivity (Wildman–Crippen MR) is 180 cm³/mol. The molecule has 2 rings (SSSR count). The topological polar surface area (TPSA) is 89.1 Å². The molecule has 2 saturated heterocycles. The maximum absolute atomic E-state index is 12.3. The quantitative estimate of drug-likeness (QED) is 0.0989. The van der Waals surface area contributed by atoms with E-state index in [-0.39, 0.29) is 13.2 Å². The van der Waals surface area contributed by atoms with E-state index in [4.69, 9.17) is 14.2 Å². The van der Waals surface area contributed by atoms with Gasteiger partial charge in [-0.05, 0) is 70.5 Å². The highest BCUT2D eigenvalue weighted by Crippen LogP contribution is 2.26. The first-order valence-electron chi connectivity index (χ1n) is 18.7. The normalized spacial score (nSPS) is 19.5. The standard InChI is InChI=1S/C36H69N3O5/c1-3-4-5-6-7-8-9-10-11-12-13-14-15-16-17-19-25-37-34(40)42-31-36(24-18-20-30-44-36)32-43-35(41)38-26-21-27-39-28-22-33(2)23-29-39/h33H,3-32H2,1-2H3,(H,37,40)(H,38,41). The highest BCUT2D eigenvalue weighted by atomic mass is 16.6. The molecule has 8 nitrogen and oxygen atoms in total. The van der Waals surface area contributed by atoms with Crippen molar-refractivity contribution >= 4 is 12.2 Å². The molecule has 8 heteroatoms. The van der Waals surface area contributed by atoms with Crippen molar-refractivity contribution in [2.45, 2.75) is 161 Å². The number of piperidine rings is 1. The molecule has 1 atom stereocenters. The molecule has 0 aromatic heterocycles. The van der Waals surface area contributed by atoms with Gasteiger partial charge in [0.2, 0.25) is 0 Å². The lowest BCUT2D eigenvalue weighted by Crippen LogP contribution is -2.48. The summed E-state index contributed by atoms with van der Waals surface area (Å²) in [5.74, 6) is 0.826. The van der Waals surface area contributed by atoms with Crippen LogP contribution in [0.4, 0.5) is 9.59 Å². The van der Waals surface area contributed by atoms with Crippen molar-refractivity contribution in [3.8, 4) is 0 Å². The van der Waals surface area contributed by atoms with Gasteiger partial charge in [-0.2, -0.15) is 0 Å². The van der Waals surface area contributed by atoms with Gasteiger partial charge in [-0.3, -0.25) is 0 Å². The smallest absolute Gasteiger partial charge is 0.407 e. The lowest BCUT2D eigenvalue weighted by Gasteiger charge is -2.36. The molecule has 2 fully saturated rings.